The minimum atomic E-state index is -0.913. The van der Waals surface area contributed by atoms with Crippen molar-refractivity contribution in [2.45, 2.75) is 51.0 Å². The number of amides is 1. The van der Waals surface area contributed by atoms with Crippen LogP contribution in [0.1, 0.15) is 45.4 Å². The molecule has 4 heteroatoms. The van der Waals surface area contributed by atoms with E-state index in [1.807, 2.05) is 6.92 Å². The highest BCUT2D eigenvalue weighted by molar-refractivity contribution is 5.89. The van der Waals surface area contributed by atoms with Crippen LogP contribution in [0.2, 0.25) is 0 Å². The number of carbonyl (C=O) groups excluding carboxylic acids is 1. The highest BCUT2D eigenvalue weighted by Gasteiger charge is 2.54. The number of hydrogen-bond acceptors (Lipinski definition) is 2. The standard InChI is InChI=1S/C14H21NO3/c1-2-14(13(17)18)4-3-5-15(14)12(16)11-7-9-6-10(9)8-11/h9-11H,2-8H2,1H3,(H,17,18). The van der Waals surface area contributed by atoms with Crippen molar-refractivity contribution in [2.75, 3.05) is 6.54 Å². The molecule has 3 aliphatic rings. The number of rotatable bonds is 3. The molecule has 1 heterocycles. The summed E-state index contributed by atoms with van der Waals surface area (Å²) in [5, 5.41) is 9.49. The first kappa shape index (κ1) is 12.0. The second kappa shape index (κ2) is 3.97. The smallest absolute Gasteiger partial charge is 0.329 e. The van der Waals surface area contributed by atoms with Crippen LogP contribution in [0.25, 0.3) is 0 Å². The van der Waals surface area contributed by atoms with Crippen molar-refractivity contribution >= 4 is 11.9 Å². The number of hydrogen-bond donors (Lipinski definition) is 1. The molecule has 2 aliphatic carbocycles. The number of nitrogens with zero attached hydrogens (tertiary/aromatic N) is 1. The van der Waals surface area contributed by atoms with Crippen LogP contribution in [0, 0.1) is 17.8 Å². The van der Waals surface area contributed by atoms with E-state index >= 15 is 0 Å². The van der Waals surface area contributed by atoms with Crippen LogP contribution in [0.4, 0.5) is 0 Å². The van der Waals surface area contributed by atoms with Gasteiger partial charge >= 0.3 is 5.97 Å². The maximum atomic E-state index is 12.6. The van der Waals surface area contributed by atoms with Crippen LogP contribution in [0.15, 0.2) is 0 Å². The molecule has 0 radical (unpaired) electrons. The molecule has 0 bridgehead atoms. The first-order valence-corrected chi connectivity index (χ1v) is 7.13. The van der Waals surface area contributed by atoms with Crippen molar-refractivity contribution in [1.29, 1.82) is 0 Å². The van der Waals surface area contributed by atoms with Crippen molar-refractivity contribution in [3.8, 4) is 0 Å². The van der Waals surface area contributed by atoms with Gasteiger partial charge in [-0.3, -0.25) is 4.79 Å². The molecule has 1 saturated heterocycles. The Hall–Kier alpha value is -1.06. The van der Waals surface area contributed by atoms with Crippen LogP contribution in [0.3, 0.4) is 0 Å². The van der Waals surface area contributed by atoms with E-state index in [1.165, 1.54) is 6.42 Å². The van der Waals surface area contributed by atoms with Crippen LogP contribution >= 0.6 is 0 Å². The summed E-state index contributed by atoms with van der Waals surface area (Å²) in [7, 11) is 0. The maximum Gasteiger partial charge on any atom is 0.329 e. The van der Waals surface area contributed by atoms with Gasteiger partial charge in [0.25, 0.3) is 0 Å². The predicted molar refractivity (Wildman–Crippen MR) is 65.9 cm³/mol. The summed E-state index contributed by atoms with van der Waals surface area (Å²) in [6.45, 7) is 2.51. The average molecular weight is 251 g/mol. The van der Waals surface area contributed by atoms with Gasteiger partial charge in [0.1, 0.15) is 5.54 Å². The Morgan fingerprint density at radius 3 is 2.50 bits per heavy atom. The molecule has 0 spiro atoms. The van der Waals surface area contributed by atoms with Gasteiger partial charge in [0.15, 0.2) is 0 Å². The van der Waals surface area contributed by atoms with E-state index in [0.29, 0.717) is 19.4 Å². The Bertz CT molecular complexity index is 385. The maximum absolute atomic E-state index is 12.6. The lowest BCUT2D eigenvalue weighted by molar-refractivity contribution is -0.158. The average Bonchev–Trinajstić information content (AvgIpc) is 2.82. The molecule has 18 heavy (non-hydrogen) atoms. The third-order valence-electron chi connectivity index (χ3n) is 5.33. The third-order valence-corrected chi connectivity index (χ3v) is 5.33. The number of likely N-dealkylation sites (tertiary alicyclic amines) is 1. The van der Waals surface area contributed by atoms with Crippen LogP contribution in [0.5, 0.6) is 0 Å². The van der Waals surface area contributed by atoms with E-state index in [9.17, 15) is 14.7 Å². The Morgan fingerprint density at radius 1 is 1.28 bits per heavy atom. The summed E-state index contributed by atoms with van der Waals surface area (Å²) < 4.78 is 0. The monoisotopic (exact) mass is 251 g/mol. The van der Waals surface area contributed by atoms with Crippen LogP contribution in [-0.4, -0.2) is 34.0 Å². The Labute approximate surface area is 107 Å². The first-order valence-electron chi connectivity index (χ1n) is 7.13. The van der Waals surface area contributed by atoms with Gasteiger partial charge in [-0.1, -0.05) is 6.92 Å². The number of fused-ring (bicyclic) bond motifs is 1. The predicted octanol–water partition coefficient (Wildman–Crippen LogP) is 1.89. The van der Waals surface area contributed by atoms with Gasteiger partial charge < -0.3 is 10.0 Å². The van der Waals surface area contributed by atoms with Gasteiger partial charge in [-0.2, -0.15) is 0 Å². The molecule has 0 aromatic heterocycles. The molecule has 4 nitrogen and oxygen atoms in total. The van der Waals surface area contributed by atoms with Crippen LogP contribution < -0.4 is 0 Å². The van der Waals surface area contributed by atoms with Gasteiger partial charge in [0.05, 0.1) is 0 Å². The lowest BCUT2D eigenvalue weighted by atomic mass is 9.91. The fourth-order valence-electron chi connectivity index (χ4n) is 4.08. The fraction of sp³-hybridized carbons (Fsp3) is 0.857. The number of carbonyl (C=O) groups is 2. The summed E-state index contributed by atoms with van der Waals surface area (Å²) >= 11 is 0. The Kier molecular flexibility index (Phi) is 2.65. The van der Waals surface area contributed by atoms with Crippen molar-refractivity contribution in [2.24, 2.45) is 17.8 Å². The molecule has 2 saturated carbocycles. The van der Waals surface area contributed by atoms with E-state index in [2.05, 4.69) is 0 Å². The van der Waals surface area contributed by atoms with Crippen LogP contribution in [-0.2, 0) is 9.59 Å². The van der Waals surface area contributed by atoms with Gasteiger partial charge in [-0.05, 0) is 50.4 Å². The zero-order chi connectivity index (χ0) is 12.9. The number of carboxylic acid groups (broad SMARTS) is 1. The topological polar surface area (TPSA) is 57.6 Å². The Morgan fingerprint density at radius 2 is 1.94 bits per heavy atom. The highest BCUT2D eigenvalue weighted by atomic mass is 16.4. The van der Waals surface area contributed by atoms with Crippen molar-refractivity contribution in [3.63, 3.8) is 0 Å². The molecule has 3 fully saturated rings. The van der Waals surface area contributed by atoms with Crippen molar-refractivity contribution in [3.05, 3.63) is 0 Å². The molecule has 0 aromatic carbocycles. The molecule has 1 amide bonds. The SMILES string of the molecule is CCC1(C(=O)O)CCCN1C(=O)C1CC2CC2C1. The van der Waals surface area contributed by atoms with E-state index in [4.69, 9.17) is 0 Å². The zero-order valence-electron chi connectivity index (χ0n) is 10.9. The van der Waals surface area contributed by atoms with Gasteiger partial charge in [0.2, 0.25) is 5.91 Å². The number of carboxylic acids is 1. The molecule has 0 aromatic rings. The van der Waals surface area contributed by atoms with Gasteiger partial charge in [0, 0.05) is 12.5 Å². The molecule has 100 valence electrons. The minimum absolute atomic E-state index is 0.108. The molecule has 3 atom stereocenters. The summed E-state index contributed by atoms with van der Waals surface area (Å²) in [5.41, 5.74) is -0.913. The largest absolute Gasteiger partial charge is 0.479 e. The third kappa shape index (κ3) is 1.57. The van der Waals surface area contributed by atoms with Gasteiger partial charge in [-0.25, -0.2) is 4.79 Å². The van der Waals surface area contributed by atoms with Gasteiger partial charge in [-0.15, -0.1) is 0 Å². The number of aliphatic carboxylic acids is 1. The lowest BCUT2D eigenvalue weighted by Crippen LogP contribution is -2.54. The Balaban J connectivity index is 1.77. The zero-order valence-corrected chi connectivity index (χ0v) is 10.9. The fourth-order valence-corrected chi connectivity index (χ4v) is 4.08. The first-order chi connectivity index (χ1) is 8.58. The van der Waals surface area contributed by atoms with Crippen molar-refractivity contribution in [1.82, 2.24) is 4.90 Å². The lowest BCUT2D eigenvalue weighted by Gasteiger charge is -2.35. The summed E-state index contributed by atoms with van der Waals surface area (Å²) in [6.07, 6.45) is 5.25. The van der Waals surface area contributed by atoms with E-state index in [0.717, 1.165) is 31.1 Å². The molecular weight excluding hydrogens is 230 g/mol. The summed E-state index contributed by atoms with van der Waals surface area (Å²) in [6, 6.07) is 0. The molecule has 1 aliphatic heterocycles. The van der Waals surface area contributed by atoms with Crippen molar-refractivity contribution < 1.29 is 14.7 Å². The molecule has 1 N–H and O–H groups in total. The van der Waals surface area contributed by atoms with E-state index in [1.54, 1.807) is 4.90 Å². The molecular formula is C14H21NO3. The second-order valence-electron chi connectivity index (χ2n) is 6.21. The second-order valence-corrected chi connectivity index (χ2v) is 6.21. The quantitative estimate of drug-likeness (QED) is 0.833. The summed E-state index contributed by atoms with van der Waals surface area (Å²) in [4.78, 5) is 25.8. The summed E-state index contributed by atoms with van der Waals surface area (Å²) in [5.74, 6) is 0.935. The molecule has 3 unspecified atom stereocenters. The highest BCUT2D eigenvalue weighted by Crippen LogP contribution is 2.55. The van der Waals surface area contributed by atoms with E-state index in [-0.39, 0.29) is 11.8 Å². The molecule has 3 rings (SSSR count). The normalized spacial score (nSPS) is 41.8. The minimum Gasteiger partial charge on any atom is -0.479 e. The van der Waals surface area contributed by atoms with E-state index < -0.39 is 11.5 Å².